The quantitative estimate of drug-likeness (QED) is 0.140. The Balaban J connectivity index is 0.000000229. The van der Waals surface area contributed by atoms with Crippen molar-refractivity contribution in [3.63, 3.8) is 0 Å². The summed E-state index contributed by atoms with van der Waals surface area (Å²) in [7, 11) is 0. The number of ether oxygens (including phenoxy) is 1. The van der Waals surface area contributed by atoms with E-state index in [0.717, 1.165) is 35.5 Å². The van der Waals surface area contributed by atoms with Crippen LogP contribution in [0.1, 0.15) is 66.6 Å². The number of allylic oxidation sites excluding steroid dienone is 1. The molecule has 3 aromatic rings. The van der Waals surface area contributed by atoms with Gasteiger partial charge in [0.2, 0.25) is 5.88 Å². The molecule has 1 aromatic heterocycles. The number of anilines is 1. The number of ketones is 1. The molecule has 0 unspecified atom stereocenters. The Labute approximate surface area is 235 Å². The molecule has 2 aliphatic rings. The molecule has 0 saturated heterocycles. The maximum atomic E-state index is 11.8. The Morgan fingerprint density at radius 1 is 1.23 bits per heavy atom. The van der Waals surface area contributed by atoms with Crippen LogP contribution in [-0.2, 0) is 6.54 Å². The zero-order valence-electron chi connectivity index (χ0n) is 22.8. The summed E-state index contributed by atoms with van der Waals surface area (Å²) in [4.78, 5) is 18.2. The molecule has 1 saturated carbocycles. The van der Waals surface area contributed by atoms with Gasteiger partial charge in [-0.1, -0.05) is 24.6 Å². The van der Waals surface area contributed by atoms with E-state index in [4.69, 9.17) is 10.6 Å². The summed E-state index contributed by atoms with van der Waals surface area (Å²) in [6.07, 6.45) is 8.34. The van der Waals surface area contributed by atoms with Gasteiger partial charge in [-0.3, -0.25) is 9.21 Å². The first-order chi connectivity index (χ1) is 18.9. The molecule has 0 amide bonds. The summed E-state index contributed by atoms with van der Waals surface area (Å²) in [5.74, 6) is 7.73. The van der Waals surface area contributed by atoms with Gasteiger partial charge in [0.25, 0.3) is 0 Å². The predicted octanol–water partition coefficient (Wildman–Crippen LogP) is 7.04. The van der Waals surface area contributed by atoms with Crippen LogP contribution >= 0.6 is 11.9 Å². The number of hydrogen-bond acceptors (Lipinski definition) is 8. The van der Waals surface area contributed by atoms with E-state index in [1.807, 2.05) is 36.5 Å². The number of Topliss-reactive ketones (excluding diaryl/α,β-unsaturated/α-hetero) is 1. The van der Waals surface area contributed by atoms with Gasteiger partial charge in [-0.15, -0.1) is 0 Å². The number of carbonyl (C=O) groups is 1. The van der Waals surface area contributed by atoms with Crippen LogP contribution in [0.15, 0.2) is 67.0 Å². The number of pyridine rings is 1. The van der Waals surface area contributed by atoms with Gasteiger partial charge in [0.05, 0.1) is 16.8 Å². The second-order valence-electron chi connectivity index (χ2n) is 9.74. The molecular formula is C31H35N5O2S. The fourth-order valence-corrected chi connectivity index (χ4v) is 5.00. The highest BCUT2D eigenvalue weighted by atomic mass is 32.2. The summed E-state index contributed by atoms with van der Waals surface area (Å²) in [6.45, 7) is 6.49. The normalized spacial score (nSPS) is 14.1. The van der Waals surface area contributed by atoms with E-state index in [1.54, 1.807) is 34.7 Å². The number of nitriles is 1. The van der Waals surface area contributed by atoms with Crippen LogP contribution in [0.2, 0.25) is 0 Å². The first-order valence-electron chi connectivity index (χ1n) is 13.3. The molecule has 8 heteroatoms. The first-order valence-corrected chi connectivity index (χ1v) is 14.2. The van der Waals surface area contributed by atoms with Crippen molar-refractivity contribution in [3.05, 3.63) is 89.2 Å². The molecule has 1 aliphatic carbocycles. The van der Waals surface area contributed by atoms with Crippen molar-refractivity contribution >= 4 is 29.0 Å². The van der Waals surface area contributed by atoms with Crippen LogP contribution in [0, 0.1) is 18.3 Å². The first kappa shape index (κ1) is 28.2. The van der Waals surface area contributed by atoms with E-state index < -0.39 is 0 Å². The summed E-state index contributed by atoms with van der Waals surface area (Å²) < 4.78 is 7.61. The largest absolute Gasteiger partial charge is 0.438 e. The number of aryl methyl sites for hydroxylation is 1. The number of benzene rings is 2. The third-order valence-electron chi connectivity index (χ3n) is 6.77. The van der Waals surface area contributed by atoms with Crippen molar-refractivity contribution in [2.45, 2.75) is 59.0 Å². The molecule has 2 aromatic carbocycles. The van der Waals surface area contributed by atoms with E-state index in [2.05, 4.69) is 41.9 Å². The van der Waals surface area contributed by atoms with Crippen molar-refractivity contribution in [2.24, 2.45) is 5.84 Å². The molecule has 5 rings (SSSR count). The van der Waals surface area contributed by atoms with E-state index >= 15 is 0 Å². The lowest BCUT2D eigenvalue weighted by Gasteiger charge is -2.39. The number of hydrogen-bond donors (Lipinski definition) is 1. The molecule has 202 valence electrons. The van der Waals surface area contributed by atoms with Crippen molar-refractivity contribution in [1.82, 2.24) is 9.88 Å². The second kappa shape index (κ2) is 13.3. The van der Waals surface area contributed by atoms with Gasteiger partial charge in [-0.05, 0) is 105 Å². The minimum Gasteiger partial charge on any atom is -0.438 e. The Kier molecular flexibility index (Phi) is 9.64. The van der Waals surface area contributed by atoms with Gasteiger partial charge in [0, 0.05) is 30.7 Å². The Bertz CT molecular complexity index is 1360. The molecular weight excluding hydrogens is 506 g/mol. The number of hydrazine groups is 1. The standard InChI is InChI=1S/C21H19N3O2.C10H16N2S/c1-14(25)19-6-3-9-23-21(19)26-18-7-8-20-15(10-18)12-24(13-16(20)11-22)17-4-2-5-17;1-3-8-13-12(11)10-6-4-9(2)5-7-10/h3,6-10,13,17H,2,4-5,12H2,1H3;4-7H,3,8,11H2,1-2H3. The number of nitrogens with zero attached hydrogens (tertiary/aromatic N) is 4. The number of carbonyl (C=O) groups excluding carboxylic acids is 1. The van der Waals surface area contributed by atoms with Crippen LogP contribution in [0.5, 0.6) is 11.6 Å². The van der Waals surface area contributed by atoms with Crippen molar-refractivity contribution in [1.29, 1.82) is 5.26 Å². The molecule has 0 spiro atoms. The lowest BCUT2D eigenvalue weighted by atomic mass is 9.89. The predicted molar refractivity (Wildman–Crippen MR) is 158 cm³/mol. The molecule has 2 heterocycles. The summed E-state index contributed by atoms with van der Waals surface area (Å²) in [5.41, 5.74) is 5.48. The van der Waals surface area contributed by atoms with E-state index in [9.17, 15) is 10.1 Å². The van der Waals surface area contributed by atoms with Crippen LogP contribution in [0.3, 0.4) is 0 Å². The van der Waals surface area contributed by atoms with Crippen molar-refractivity contribution in [2.75, 3.05) is 10.2 Å². The highest BCUT2D eigenvalue weighted by Gasteiger charge is 2.27. The monoisotopic (exact) mass is 541 g/mol. The third-order valence-corrected chi connectivity index (χ3v) is 7.85. The van der Waals surface area contributed by atoms with Crippen LogP contribution in [0.4, 0.5) is 5.69 Å². The lowest BCUT2D eigenvalue weighted by molar-refractivity contribution is 0.101. The van der Waals surface area contributed by atoms with Crippen molar-refractivity contribution in [3.8, 4) is 17.7 Å². The minimum atomic E-state index is -0.0862. The van der Waals surface area contributed by atoms with Gasteiger partial charge in [-0.2, -0.15) is 5.26 Å². The highest BCUT2D eigenvalue weighted by molar-refractivity contribution is 8.00. The van der Waals surface area contributed by atoms with Gasteiger partial charge in [-0.25, -0.2) is 10.8 Å². The number of rotatable bonds is 8. The van der Waals surface area contributed by atoms with Crippen LogP contribution in [-0.4, -0.2) is 27.5 Å². The molecule has 0 bridgehead atoms. The van der Waals surface area contributed by atoms with Gasteiger partial charge < -0.3 is 9.64 Å². The van der Waals surface area contributed by atoms with Crippen molar-refractivity contribution < 1.29 is 9.53 Å². The number of fused-ring (bicyclic) bond motifs is 1. The zero-order chi connectivity index (χ0) is 27.8. The van der Waals surface area contributed by atoms with E-state index in [1.165, 1.54) is 31.7 Å². The smallest absolute Gasteiger partial charge is 0.230 e. The average Bonchev–Trinajstić information content (AvgIpc) is 2.91. The molecule has 1 aliphatic heterocycles. The van der Waals surface area contributed by atoms with Gasteiger partial charge in [0.15, 0.2) is 5.78 Å². The number of aromatic nitrogens is 1. The molecule has 2 N–H and O–H groups in total. The summed E-state index contributed by atoms with van der Waals surface area (Å²) >= 11 is 1.65. The van der Waals surface area contributed by atoms with E-state index in [0.29, 0.717) is 28.8 Å². The molecule has 0 atom stereocenters. The Morgan fingerprint density at radius 2 is 2.00 bits per heavy atom. The number of nitrogens with two attached hydrogens (primary N) is 1. The Hall–Kier alpha value is -3.80. The summed E-state index contributed by atoms with van der Waals surface area (Å²) in [5, 5.41) is 9.51. The van der Waals surface area contributed by atoms with E-state index in [-0.39, 0.29) is 5.78 Å². The zero-order valence-corrected chi connectivity index (χ0v) is 23.6. The minimum absolute atomic E-state index is 0.0862. The fraction of sp³-hybridized carbons (Fsp3) is 0.323. The Morgan fingerprint density at radius 3 is 2.64 bits per heavy atom. The topological polar surface area (TPSA) is 95.5 Å². The molecule has 1 fully saturated rings. The SMILES string of the molecule is CC(=O)c1cccnc1Oc1ccc2c(c1)CN(C1CCC1)C=C2C#N.CCCSN(N)c1ccc(C)cc1. The summed E-state index contributed by atoms with van der Waals surface area (Å²) in [6, 6.07) is 20.2. The maximum Gasteiger partial charge on any atom is 0.230 e. The van der Waals surface area contributed by atoms with Crippen LogP contribution in [0.25, 0.3) is 5.57 Å². The fourth-order valence-electron chi connectivity index (χ4n) is 4.35. The third kappa shape index (κ3) is 7.20. The lowest BCUT2D eigenvalue weighted by Crippen LogP contribution is -2.37. The highest BCUT2D eigenvalue weighted by Crippen LogP contribution is 2.35. The molecule has 39 heavy (non-hydrogen) atoms. The maximum absolute atomic E-state index is 11.8. The molecule has 7 nitrogen and oxygen atoms in total. The van der Waals surface area contributed by atoms with Gasteiger partial charge in [0.1, 0.15) is 11.8 Å². The second-order valence-corrected chi connectivity index (χ2v) is 10.8. The molecule has 0 radical (unpaired) electrons. The van der Waals surface area contributed by atoms with Crippen LogP contribution < -0.4 is 15.0 Å². The van der Waals surface area contributed by atoms with Gasteiger partial charge >= 0.3 is 0 Å². The average molecular weight is 542 g/mol.